The Morgan fingerprint density at radius 2 is 1.68 bits per heavy atom. The van der Waals surface area contributed by atoms with Crippen LogP contribution >= 0.6 is 23.2 Å². The van der Waals surface area contributed by atoms with Crippen molar-refractivity contribution in [3.8, 4) is 17.2 Å². The third-order valence-corrected chi connectivity index (χ3v) is 3.94. The molecule has 0 unspecified atom stereocenters. The standard InChI is InChI=1S/C19H18Cl2N2O5/c1-26-16-6-3-12(9-17(16)27-2)4-8-18(24)22-23-19(25)11-28-15-7-5-13(20)10-14(15)21/h3-10H,11H2,1-2H3,(H,22,24)(H,23,25)/b8-4+. The van der Waals surface area contributed by atoms with Crippen LogP contribution in [0.25, 0.3) is 6.08 Å². The molecular weight excluding hydrogens is 407 g/mol. The van der Waals surface area contributed by atoms with Crippen LogP contribution in [-0.2, 0) is 9.59 Å². The van der Waals surface area contributed by atoms with Crippen molar-refractivity contribution in [2.45, 2.75) is 0 Å². The summed E-state index contributed by atoms with van der Waals surface area (Å²) in [5.74, 6) is 0.348. The van der Waals surface area contributed by atoms with Gasteiger partial charge in [-0.05, 0) is 42.0 Å². The first kappa shape index (κ1) is 21.4. The van der Waals surface area contributed by atoms with E-state index < -0.39 is 11.8 Å². The van der Waals surface area contributed by atoms with Gasteiger partial charge in [0.05, 0.1) is 19.2 Å². The smallest absolute Gasteiger partial charge is 0.276 e. The van der Waals surface area contributed by atoms with E-state index in [1.54, 1.807) is 36.4 Å². The van der Waals surface area contributed by atoms with Crippen LogP contribution in [0.5, 0.6) is 17.2 Å². The highest BCUT2D eigenvalue weighted by atomic mass is 35.5. The van der Waals surface area contributed by atoms with Crippen molar-refractivity contribution in [3.63, 3.8) is 0 Å². The van der Waals surface area contributed by atoms with Crippen molar-refractivity contribution in [2.75, 3.05) is 20.8 Å². The van der Waals surface area contributed by atoms with Gasteiger partial charge in [0.2, 0.25) is 0 Å². The fourth-order valence-corrected chi connectivity index (χ4v) is 2.54. The molecule has 0 fully saturated rings. The summed E-state index contributed by atoms with van der Waals surface area (Å²) in [6, 6.07) is 9.82. The lowest BCUT2D eigenvalue weighted by molar-refractivity contribution is -0.128. The first-order valence-electron chi connectivity index (χ1n) is 7.99. The second kappa shape index (κ2) is 10.4. The Morgan fingerprint density at radius 3 is 2.36 bits per heavy atom. The van der Waals surface area contributed by atoms with Gasteiger partial charge in [-0.2, -0.15) is 0 Å². The molecule has 0 heterocycles. The lowest BCUT2D eigenvalue weighted by Gasteiger charge is -2.09. The first-order valence-corrected chi connectivity index (χ1v) is 8.75. The molecule has 0 aliphatic rings. The zero-order valence-electron chi connectivity index (χ0n) is 15.1. The van der Waals surface area contributed by atoms with Gasteiger partial charge in [0.25, 0.3) is 11.8 Å². The Labute approximate surface area is 172 Å². The lowest BCUT2D eigenvalue weighted by atomic mass is 10.2. The summed E-state index contributed by atoms with van der Waals surface area (Å²) in [5, 5.41) is 0.734. The van der Waals surface area contributed by atoms with Gasteiger partial charge < -0.3 is 14.2 Å². The summed E-state index contributed by atoms with van der Waals surface area (Å²) < 4.78 is 15.6. The van der Waals surface area contributed by atoms with E-state index in [1.165, 1.54) is 26.4 Å². The number of halogens is 2. The summed E-state index contributed by atoms with van der Waals surface area (Å²) in [6.07, 6.45) is 2.83. The van der Waals surface area contributed by atoms with Crippen LogP contribution in [0.4, 0.5) is 0 Å². The molecule has 0 aromatic heterocycles. The normalized spacial score (nSPS) is 10.4. The monoisotopic (exact) mass is 424 g/mol. The quantitative estimate of drug-likeness (QED) is 0.526. The summed E-state index contributed by atoms with van der Waals surface area (Å²) >= 11 is 11.7. The number of benzene rings is 2. The van der Waals surface area contributed by atoms with Crippen molar-refractivity contribution in [1.82, 2.24) is 10.9 Å². The summed E-state index contributed by atoms with van der Waals surface area (Å²) in [5.41, 5.74) is 5.20. The number of ether oxygens (including phenoxy) is 3. The van der Waals surface area contributed by atoms with E-state index >= 15 is 0 Å². The van der Waals surface area contributed by atoms with Crippen molar-refractivity contribution in [2.24, 2.45) is 0 Å². The number of hydrogen-bond acceptors (Lipinski definition) is 5. The maximum Gasteiger partial charge on any atom is 0.276 e. The Balaban J connectivity index is 1.81. The number of carbonyl (C=O) groups is 2. The van der Waals surface area contributed by atoms with E-state index in [0.717, 1.165) is 5.56 Å². The van der Waals surface area contributed by atoms with E-state index in [1.807, 2.05) is 0 Å². The first-order chi connectivity index (χ1) is 13.4. The summed E-state index contributed by atoms with van der Waals surface area (Å²) in [7, 11) is 3.06. The SMILES string of the molecule is COc1ccc(/C=C/C(=O)NNC(=O)COc2ccc(Cl)cc2Cl)cc1OC. The Morgan fingerprint density at radius 1 is 0.964 bits per heavy atom. The Bertz CT molecular complexity index is 887. The largest absolute Gasteiger partial charge is 0.493 e. The molecular formula is C19H18Cl2N2O5. The molecule has 28 heavy (non-hydrogen) atoms. The number of amides is 2. The van der Waals surface area contributed by atoms with Gasteiger partial charge in [-0.15, -0.1) is 0 Å². The minimum absolute atomic E-state index is 0.280. The molecule has 0 bridgehead atoms. The fourth-order valence-electron chi connectivity index (χ4n) is 2.07. The van der Waals surface area contributed by atoms with Crippen LogP contribution < -0.4 is 25.1 Å². The molecule has 2 aromatic carbocycles. The van der Waals surface area contributed by atoms with E-state index in [2.05, 4.69) is 10.9 Å². The Kier molecular flexibility index (Phi) is 7.98. The van der Waals surface area contributed by atoms with Gasteiger partial charge in [0.1, 0.15) is 5.75 Å². The van der Waals surface area contributed by atoms with Crippen molar-refractivity contribution in [1.29, 1.82) is 0 Å². The maximum absolute atomic E-state index is 11.8. The number of nitrogens with one attached hydrogen (secondary N) is 2. The van der Waals surface area contributed by atoms with Crippen LogP contribution in [0.2, 0.25) is 10.0 Å². The molecule has 0 atom stereocenters. The second-order valence-corrected chi connectivity index (χ2v) is 6.19. The molecule has 0 radical (unpaired) electrons. The lowest BCUT2D eigenvalue weighted by Crippen LogP contribution is -2.43. The van der Waals surface area contributed by atoms with Gasteiger partial charge in [-0.3, -0.25) is 20.4 Å². The average Bonchev–Trinajstić information content (AvgIpc) is 2.69. The third kappa shape index (κ3) is 6.37. The average molecular weight is 425 g/mol. The van der Waals surface area contributed by atoms with Crippen LogP contribution in [0, 0.1) is 0 Å². The van der Waals surface area contributed by atoms with E-state index in [9.17, 15) is 9.59 Å². The molecule has 2 N–H and O–H groups in total. The minimum atomic E-state index is -0.557. The molecule has 0 saturated heterocycles. The van der Waals surface area contributed by atoms with Crippen LogP contribution in [-0.4, -0.2) is 32.6 Å². The summed E-state index contributed by atoms with van der Waals surface area (Å²) in [4.78, 5) is 23.6. The number of rotatable bonds is 7. The molecule has 0 aliphatic carbocycles. The van der Waals surface area contributed by atoms with Crippen LogP contribution in [0.1, 0.15) is 5.56 Å². The van der Waals surface area contributed by atoms with Gasteiger partial charge in [0, 0.05) is 11.1 Å². The highest BCUT2D eigenvalue weighted by Gasteiger charge is 2.07. The topological polar surface area (TPSA) is 85.9 Å². The number of hydrogen-bond donors (Lipinski definition) is 2. The molecule has 148 valence electrons. The predicted molar refractivity (Wildman–Crippen MR) is 107 cm³/mol. The Hall–Kier alpha value is -2.90. The molecule has 0 saturated carbocycles. The maximum atomic E-state index is 11.8. The van der Waals surface area contributed by atoms with Gasteiger partial charge in [-0.25, -0.2) is 0 Å². The highest BCUT2D eigenvalue weighted by molar-refractivity contribution is 6.35. The van der Waals surface area contributed by atoms with Crippen molar-refractivity contribution in [3.05, 3.63) is 58.1 Å². The van der Waals surface area contributed by atoms with E-state index in [0.29, 0.717) is 22.3 Å². The molecule has 0 spiro atoms. The molecule has 2 rings (SSSR count). The summed E-state index contributed by atoms with van der Waals surface area (Å²) in [6.45, 7) is -0.332. The third-order valence-electron chi connectivity index (χ3n) is 3.41. The van der Waals surface area contributed by atoms with Crippen LogP contribution in [0.15, 0.2) is 42.5 Å². The molecule has 9 heteroatoms. The zero-order valence-corrected chi connectivity index (χ0v) is 16.6. The number of methoxy groups -OCH3 is 2. The predicted octanol–water partition coefficient (Wildman–Crippen LogP) is 3.25. The minimum Gasteiger partial charge on any atom is -0.493 e. The van der Waals surface area contributed by atoms with Crippen LogP contribution in [0.3, 0.4) is 0 Å². The number of carbonyl (C=O) groups excluding carboxylic acids is 2. The van der Waals surface area contributed by atoms with E-state index in [4.69, 9.17) is 37.4 Å². The molecule has 2 aromatic rings. The van der Waals surface area contributed by atoms with Gasteiger partial charge in [-0.1, -0.05) is 29.3 Å². The van der Waals surface area contributed by atoms with Gasteiger partial charge in [0.15, 0.2) is 18.1 Å². The number of hydrazine groups is 1. The second-order valence-electron chi connectivity index (χ2n) is 5.35. The highest BCUT2D eigenvalue weighted by Crippen LogP contribution is 2.28. The zero-order chi connectivity index (χ0) is 20.5. The molecule has 7 nitrogen and oxygen atoms in total. The van der Waals surface area contributed by atoms with Crippen molar-refractivity contribution < 1.29 is 23.8 Å². The fraction of sp³-hybridized carbons (Fsp3) is 0.158. The molecule has 0 aliphatic heterocycles. The van der Waals surface area contributed by atoms with Crippen molar-refractivity contribution >= 4 is 41.1 Å². The van der Waals surface area contributed by atoms with Gasteiger partial charge >= 0.3 is 0 Å². The molecule has 2 amide bonds. The van der Waals surface area contributed by atoms with E-state index in [-0.39, 0.29) is 11.6 Å².